The first-order valence-electron chi connectivity index (χ1n) is 5.78. The van der Waals surface area contributed by atoms with E-state index in [9.17, 15) is 4.79 Å². The first-order chi connectivity index (χ1) is 9.20. The normalized spacial score (nSPS) is 20.6. The lowest BCUT2D eigenvalue weighted by Crippen LogP contribution is -2.24. The van der Waals surface area contributed by atoms with Crippen molar-refractivity contribution in [3.8, 4) is 0 Å². The molecule has 0 spiro atoms. The lowest BCUT2D eigenvalue weighted by atomic mass is 10.0. The van der Waals surface area contributed by atoms with Gasteiger partial charge in [-0.2, -0.15) is 0 Å². The smallest absolute Gasteiger partial charge is 0.253 e. The van der Waals surface area contributed by atoms with E-state index in [1.165, 1.54) is 0 Å². The molecule has 0 radical (unpaired) electrons. The zero-order valence-corrected chi connectivity index (χ0v) is 11.7. The van der Waals surface area contributed by atoms with Crippen LogP contribution < -0.4 is 10.6 Å². The number of nitrogens with zero attached hydrogens (tertiary/aromatic N) is 2. The second kappa shape index (κ2) is 4.62. The van der Waals surface area contributed by atoms with Crippen molar-refractivity contribution in [2.75, 3.05) is 7.05 Å². The maximum absolute atomic E-state index is 12.0. The van der Waals surface area contributed by atoms with Gasteiger partial charge in [-0.1, -0.05) is 28.1 Å². The molecule has 1 atom stereocenters. The molecule has 19 heavy (non-hydrogen) atoms. The maximum Gasteiger partial charge on any atom is 0.253 e. The SMILES string of the molecule is CN=C1NC(=O)C(c2ccc(Br)c3cccnc23)N1. The summed E-state index contributed by atoms with van der Waals surface area (Å²) in [4.78, 5) is 20.3. The van der Waals surface area contributed by atoms with Crippen LogP contribution in [0.1, 0.15) is 11.6 Å². The number of pyridine rings is 1. The summed E-state index contributed by atoms with van der Waals surface area (Å²) in [5.41, 5.74) is 1.65. The van der Waals surface area contributed by atoms with Gasteiger partial charge in [-0.05, 0) is 12.1 Å². The fourth-order valence-corrected chi connectivity index (χ4v) is 2.61. The van der Waals surface area contributed by atoms with Crippen molar-refractivity contribution < 1.29 is 4.79 Å². The number of carbonyl (C=O) groups is 1. The zero-order chi connectivity index (χ0) is 13.4. The molecular formula is C13H11BrN4O. The Morgan fingerprint density at radius 3 is 2.95 bits per heavy atom. The molecule has 2 N–H and O–H groups in total. The summed E-state index contributed by atoms with van der Waals surface area (Å²) in [6, 6.07) is 7.21. The first-order valence-corrected chi connectivity index (χ1v) is 6.57. The lowest BCUT2D eigenvalue weighted by molar-refractivity contribution is -0.120. The van der Waals surface area contributed by atoms with Gasteiger partial charge in [-0.3, -0.25) is 20.1 Å². The number of nitrogens with one attached hydrogen (secondary N) is 2. The highest BCUT2D eigenvalue weighted by Crippen LogP contribution is 2.29. The molecular weight excluding hydrogens is 308 g/mol. The molecule has 0 bridgehead atoms. The van der Waals surface area contributed by atoms with Crippen LogP contribution in [0.4, 0.5) is 0 Å². The Bertz CT molecular complexity index is 698. The molecule has 5 nitrogen and oxygen atoms in total. The van der Waals surface area contributed by atoms with Gasteiger partial charge in [0.2, 0.25) is 0 Å². The number of halogens is 1. The molecule has 6 heteroatoms. The molecule has 1 unspecified atom stereocenters. The molecule has 3 rings (SSSR count). The monoisotopic (exact) mass is 318 g/mol. The van der Waals surface area contributed by atoms with Crippen molar-refractivity contribution in [3.63, 3.8) is 0 Å². The molecule has 2 aromatic rings. The van der Waals surface area contributed by atoms with Gasteiger partial charge in [0.15, 0.2) is 5.96 Å². The number of hydrogen-bond donors (Lipinski definition) is 2. The van der Waals surface area contributed by atoms with Crippen LogP contribution in [0.15, 0.2) is 39.9 Å². The topological polar surface area (TPSA) is 66.4 Å². The molecule has 1 aliphatic rings. The Balaban J connectivity index is 2.16. The van der Waals surface area contributed by atoms with E-state index in [1.54, 1.807) is 13.2 Å². The van der Waals surface area contributed by atoms with E-state index in [-0.39, 0.29) is 5.91 Å². The molecule has 1 aliphatic heterocycles. The predicted molar refractivity (Wildman–Crippen MR) is 76.8 cm³/mol. The molecule has 1 fully saturated rings. The van der Waals surface area contributed by atoms with Crippen LogP contribution in [0, 0.1) is 0 Å². The third-order valence-electron chi connectivity index (χ3n) is 3.07. The second-order valence-corrected chi connectivity index (χ2v) is 5.03. The predicted octanol–water partition coefficient (Wildman–Crippen LogP) is 1.74. The minimum absolute atomic E-state index is 0.116. The van der Waals surface area contributed by atoms with Gasteiger partial charge < -0.3 is 5.32 Å². The van der Waals surface area contributed by atoms with E-state index >= 15 is 0 Å². The molecule has 1 saturated heterocycles. The first kappa shape index (κ1) is 12.1. The van der Waals surface area contributed by atoms with Gasteiger partial charge in [-0.15, -0.1) is 0 Å². The Morgan fingerprint density at radius 2 is 2.21 bits per heavy atom. The van der Waals surface area contributed by atoms with Crippen LogP contribution in [0.5, 0.6) is 0 Å². The Hall–Kier alpha value is -1.95. The average Bonchev–Trinajstić information content (AvgIpc) is 2.81. The van der Waals surface area contributed by atoms with E-state index in [0.29, 0.717) is 5.96 Å². The molecule has 0 aliphatic carbocycles. The number of hydrogen-bond acceptors (Lipinski definition) is 3. The summed E-state index contributed by atoms with van der Waals surface area (Å²) in [6.07, 6.45) is 1.72. The fraction of sp³-hybridized carbons (Fsp3) is 0.154. The van der Waals surface area contributed by atoms with Gasteiger partial charge in [0.05, 0.1) is 5.52 Å². The van der Waals surface area contributed by atoms with E-state index < -0.39 is 6.04 Å². The molecule has 0 saturated carbocycles. The van der Waals surface area contributed by atoms with Crippen molar-refractivity contribution >= 4 is 38.7 Å². The highest BCUT2D eigenvalue weighted by molar-refractivity contribution is 9.10. The van der Waals surface area contributed by atoms with Gasteiger partial charge in [0.25, 0.3) is 5.91 Å². The van der Waals surface area contributed by atoms with E-state index in [1.807, 2.05) is 24.3 Å². The van der Waals surface area contributed by atoms with Crippen molar-refractivity contribution in [2.45, 2.75) is 6.04 Å². The fourth-order valence-electron chi connectivity index (χ4n) is 2.16. The van der Waals surface area contributed by atoms with Gasteiger partial charge >= 0.3 is 0 Å². The van der Waals surface area contributed by atoms with E-state index in [0.717, 1.165) is 20.9 Å². The van der Waals surface area contributed by atoms with Crippen LogP contribution in [0.2, 0.25) is 0 Å². The number of amides is 1. The number of carbonyl (C=O) groups excluding carboxylic acids is 1. The number of aliphatic imine (C=N–C) groups is 1. The van der Waals surface area contributed by atoms with Crippen molar-refractivity contribution in [1.82, 2.24) is 15.6 Å². The third-order valence-corrected chi connectivity index (χ3v) is 3.76. The molecule has 1 aromatic heterocycles. The number of guanidine groups is 1. The quantitative estimate of drug-likeness (QED) is 0.841. The van der Waals surface area contributed by atoms with Crippen LogP contribution in [-0.2, 0) is 4.79 Å². The summed E-state index contributed by atoms with van der Waals surface area (Å²) >= 11 is 3.50. The van der Waals surface area contributed by atoms with Crippen LogP contribution >= 0.6 is 15.9 Å². The third kappa shape index (κ3) is 1.98. The lowest BCUT2D eigenvalue weighted by Gasteiger charge is -2.11. The molecule has 1 amide bonds. The number of aromatic nitrogens is 1. The van der Waals surface area contributed by atoms with Crippen LogP contribution in [0.25, 0.3) is 10.9 Å². The summed E-state index contributed by atoms with van der Waals surface area (Å²) in [7, 11) is 1.63. The van der Waals surface area contributed by atoms with Crippen LogP contribution in [0.3, 0.4) is 0 Å². The highest BCUT2D eigenvalue weighted by atomic mass is 79.9. The van der Waals surface area contributed by atoms with Gasteiger partial charge in [-0.25, -0.2) is 0 Å². The Morgan fingerprint density at radius 1 is 1.37 bits per heavy atom. The maximum atomic E-state index is 12.0. The molecule has 2 heterocycles. The summed E-state index contributed by atoms with van der Waals surface area (Å²) in [5, 5.41) is 6.73. The van der Waals surface area contributed by atoms with E-state index in [2.05, 4.69) is 36.5 Å². The van der Waals surface area contributed by atoms with Gasteiger partial charge in [0, 0.05) is 28.7 Å². The van der Waals surface area contributed by atoms with Crippen molar-refractivity contribution in [3.05, 3.63) is 40.5 Å². The summed E-state index contributed by atoms with van der Waals surface area (Å²) in [5.74, 6) is 0.372. The van der Waals surface area contributed by atoms with Crippen LogP contribution in [-0.4, -0.2) is 23.9 Å². The number of rotatable bonds is 1. The molecule has 1 aromatic carbocycles. The Labute approximate surface area is 118 Å². The van der Waals surface area contributed by atoms with Crippen molar-refractivity contribution in [2.24, 2.45) is 4.99 Å². The Kier molecular flexibility index (Phi) is 2.94. The summed E-state index contributed by atoms with van der Waals surface area (Å²) < 4.78 is 0.960. The highest BCUT2D eigenvalue weighted by Gasteiger charge is 2.31. The number of benzene rings is 1. The second-order valence-electron chi connectivity index (χ2n) is 4.17. The standard InChI is InChI=1S/C13H11BrN4O/c1-15-13-17-11(12(19)18-13)8-4-5-9(14)7-3-2-6-16-10(7)8/h2-6,11H,1H3,(H2,15,17,18,19). The van der Waals surface area contributed by atoms with E-state index in [4.69, 9.17) is 0 Å². The minimum Gasteiger partial charge on any atom is -0.340 e. The number of fused-ring (bicyclic) bond motifs is 1. The largest absolute Gasteiger partial charge is 0.340 e. The molecule has 96 valence electrons. The zero-order valence-electron chi connectivity index (χ0n) is 10.1. The van der Waals surface area contributed by atoms with Crippen molar-refractivity contribution in [1.29, 1.82) is 0 Å². The summed E-state index contributed by atoms with van der Waals surface area (Å²) in [6.45, 7) is 0. The average molecular weight is 319 g/mol. The minimum atomic E-state index is -0.454. The van der Waals surface area contributed by atoms with Gasteiger partial charge in [0.1, 0.15) is 6.04 Å².